The Balaban J connectivity index is 2.18. The van der Waals surface area contributed by atoms with Crippen LogP contribution in [0.25, 0.3) is 0 Å². The summed E-state index contributed by atoms with van der Waals surface area (Å²) in [6, 6.07) is 0.233. The van der Waals surface area contributed by atoms with Crippen molar-refractivity contribution in [1.82, 2.24) is 10.6 Å². The van der Waals surface area contributed by atoms with E-state index in [9.17, 15) is 4.79 Å². The zero-order valence-electron chi connectivity index (χ0n) is 11.7. The molecule has 1 heterocycles. The summed E-state index contributed by atoms with van der Waals surface area (Å²) in [6.45, 7) is 6.11. The van der Waals surface area contributed by atoms with Crippen LogP contribution < -0.4 is 10.6 Å². The molecule has 0 bridgehead atoms. The first kappa shape index (κ1) is 15.4. The van der Waals surface area contributed by atoms with Gasteiger partial charge in [-0.3, -0.25) is 4.79 Å². The third-order valence-corrected chi connectivity index (χ3v) is 3.19. The third-order valence-electron chi connectivity index (χ3n) is 3.19. The van der Waals surface area contributed by atoms with E-state index in [-0.39, 0.29) is 18.1 Å². The first-order valence-corrected chi connectivity index (χ1v) is 6.77. The van der Waals surface area contributed by atoms with Crippen LogP contribution in [0.3, 0.4) is 0 Å². The minimum Gasteiger partial charge on any atom is -0.385 e. The Morgan fingerprint density at radius 1 is 1.56 bits per heavy atom. The van der Waals surface area contributed by atoms with Crippen molar-refractivity contribution < 1.29 is 14.3 Å². The highest BCUT2D eigenvalue weighted by Gasteiger charge is 2.22. The molecule has 0 radical (unpaired) electrons. The Morgan fingerprint density at radius 3 is 3.00 bits per heavy atom. The largest absolute Gasteiger partial charge is 0.385 e. The summed E-state index contributed by atoms with van der Waals surface area (Å²) < 4.78 is 10.4. The van der Waals surface area contributed by atoms with E-state index in [2.05, 4.69) is 17.6 Å². The summed E-state index contributed by atoms with van der Waals surface area (Å²) in [6.07, 6.45) is 3.09. The van der Waals surface area contributed by atoms with E-state index in [4.69, 9.17) is 9.47 Å². The second kappa shape index (κ2) is 8.45. The summed E-state index contributed by atoms with van der Waals surface area (Å²) in [5.41, 5.74) is 0. The molecule has 3 unspecified atom stereocenters. The zero-order valence-corrected chi connectivity index (χ0v) is 11.7. The van der Waals surface area contributed by atoms with E-state index in [1.165, 1.54) is 0 Å². The number of hydrogen-bond acceptors (Lipinski definition) is 4. The molecule has 0 aromatic carbocycles. The van der Waals surface area contributed by atoms with Gasteiger partial charge >= 0.3 is 0 Å². The lowest BCUT2D eigenvalue weighted by Crippen LogP contribution is -2.49. The number of methoxy groups -OCH3 is 1. The summed E-state index contributed by atoms with van der Waals surface area (Å²) in [7, 11) is 1.66. The van der Waals surface area contributed by atoms with Crippen LogP contribution in [0.1, 0.15) is 33.1 Å². The van der Waals surface area contributed by atoms with E-state index in [1.807, 2.05) is 6.92 Å². The van der Waals surface area contributed by atoms with Gasteiger partial charge in [-0.25, -0.2) is 0 Å². The molecule has 5 heteroatoms. The molecule has 1 saturated heterocycles. The molecule has 1 fully saturated rings. The molecule has 0 aromatic rings. The second-order valence-electron chi connectivity index (χ2n) is 4.93. The molecule has 0 saturated carbocycles. The van der Waals surface area contributed by atoms with E-state index in [1.54, 1.807) is 7.11 Å². The molecule has 1 aliphatic heterocycles. The number of amides is 1. The van der Waals surface area contributed by atoms with Gasteiger partial charge in [0.15, 0.2) is 0 Å². The topological polar surface area (TPSA) is 59.6 Å². The minimum atomic E-state index is -0.150. The molecular formula is C13H26N2O3. The predicted octanol–water partition coefficient (Wildman–Crippen LogP) is 0.685. The Bertz CT molecular complexity index is 248. The van der Waals surface area contributed by atoms with Gasteiger partial charge in [-0.1, -0.05) is 0 Å². The van der Waals surface area contributed by atoms with Crippen molar-refractivity contribution in [2.45, 2.75) is 51.3 Å². The highest BCUT2D eigenvalue weighted by atomic mass is 16.5. The van der Waals surface area contributed by atoms with Gasteiger partial charge in [0.2, 0.25) is 5.91 Å². The molecule has 1 rings (SSSR count). The summed E-state index contributed by atoms with van der Waals surface area (Å²) in [5.74, 6) is 0.0604. The molecule has 0 spiro atoms. The monoisotopic (exact) mass is 258 g/mol. The van der Waals surface area contributed by atoms with Crippen molar-refractivity contribution in [2.24, 2.45) is 0 Å². The Hall–Kier alpha value is -0.650. The SMILES string of the molecule is COCCCNC(=O)C(C)NC1CCOC(C)C1. The maximum atomic E-state index is 11.8. The van der Waals surface area contributed by atoms with Crippen molar-refractivity contribution in [3.63, 3.8) is 0 Å². The van der Waals surface area contributed by atoms with Crippen LogP contribution in [-0.4, -0.2) is 51.0 Å². The van der Waals surface area contributed by atoms with Gasteiger partial charge in [0.1, 0.15) is 0 Å². The van der Waals surface area contributed by atoms with E-state index >= 15 is 0 Å². The average Bonchev–Trinajstić information content (AvgIpc) is 2.34. The van der Waals surface area contributed by atoms with Crippen molar-refractivity contribution in [1.29, 1.82) is 0 Å². The molecule has 5 nitrogen and oxygen atoms in total. The number of carbonyl (C=O) groups is 1. The maximum Gasteiger partial charge on any atom is 0.236 e. The Labute approximate surface area is 110 Å². The van der Waals surface area contributed by atoms with Crippen molar-refractivity contribution >= 4 is 5.91 Å². The lowest BCUT2D eigenvalue weighted by molar-refractivity contribution is -0.123. The molecule has 0 aliphatic carbocycles. The highest BCUT2D eigenvalue weighted by molar-refractivity contribution is 5.81. The fraction of sp³-hybridized carbons (Fsp3) is 0.923. The summed E-state index contributed by atoms with van der Waals surface area (Å²) >= 11 is 0. The van der Waals surface area contributed by atoms with Crippen molar-refractivity contribution in [3.8, 4) is 0 Å². The summed E-state index contributed by atoms with van der Waals surface area (Å²) in [5, 5.41) is 6.27. The Morgan fingerprint density at radius 2 is 2.33 bits per heavy atom. The first-order valence-electron chi connectivity index (χ1n) is 6.77. The van der Waals surface area contributed by atoms with Gasteiger partial charge in [-0.05, 0) is 33.1 Å². The van der Waals surface area contributed by atoms with E-state index in [0.717, 1.165) is 25.9 Å². The molecule has 2 N–H and O–H groups in total. The minimum absolute atomic E-state index is 0.0604. The second-order valence-corrected chi connectivity index (χ2v) is 4.93. The molecule has 0 aromatic heterocycles. The fourth-order valence-corrected chi connectivity index (χ4v) is 2.16. The number of hydrogen-bond donors (Lipinski definition) is 2. The van der Waals surface area contributed by atoms with Crippen LogP contribution >= 0.6 is 0 Å². The highest BCUT2D eigenvalue weighted by Crippen LogP contribution is 2.13. The average molecular weight is 258 g/mol. The van der Waals surface area contributed by atoms with Gasteiger partial charge < -0.3 is 20.1 Å². The van der Waals surface area contributed by atoms with Crippen LogP contribution in [0, 0.1) is 0 Å². The third kappa shape index (κ3) is 5.80. The number of rotatable bonds is 7. The zero-order chi connectivity index (χ0) is 13.4. The lowest BCUT2D eigenvalue weighted by Gasteiger charge is -2.30. The first-order chi connectivity index (χ1) is 8.63. The van der Waals surface area contributed by atoms with Gasteiger partial charge in [0, 0.05) is 32.9 Å². The molecule has 1 amide bonds. The molecular weight excluding hydrogens is 232 g/mol. The maximum absolute atomic E-state index is 11.8. The normalized spacial score (nSPS) is 25.7. The lowest BCUT2D eigenvalue weighted by atomic mass is 10.0. The van der Waals surface area contributed by atoms with Gasteiger partial charge in [-0.15, -0.1) is 0 Å². The van der Waals surface area contributed by atoms with Crippen LogP contribution in [0.4, 0.5) is 0 Å². The Kier molecular flexibility index (Phi) is 7.23. The smallest absolute Gasteiger partial charge is 0.236 e. The number of ether oxygens (including phenoxy) is 2. The van der Waals surface area contributed by atoms with Crippen LogP contribution in [0.15, 0.2) is 0 Å². The summed E-state index contributed by atoms with van der Waals surface area (Å²) in [4.78, 5) is 11.8. The van der Waals surface area contributed by atoms with Crippen LogP contribution in [0.5, 0.6) is 0 Å². The van der Waals surface area contributed by atoms with Crippen molar-refractivity contribution in [3.05, 3.63) is 0 Å². The standard InChI is InChI=1S/C13H26N2O3/c1-10-9-12(5-8-18-10)15-11(2)13(16)14-6-4-7-17-3/h10-12,15H,4-9H2,1-3H3,(H,14,16). The number of carbonyl (C=O) groups excluding carboxylic acids is 1. The van der Waals surface area contributed by atoms with Gasteiger partial charge in [0.25, 0.3) is 0 Å². The van der Waals surface area contributed by atoms with Crippen LogP contribution in [0.2, 0.25) is 0 Å². The van der Waals surface area contributed by atoms with Gasteiger partial charge in [0.05, 0.1) is 12.1 Å². The molecule has 3 atom stereocenters. The molecule has 106 valence electrons. The molecule has 18 heavy (non-hydrogen) atoms. The fourth-order valence-electron chi connectivity index (χ4n) is 2.16. The predicted molar refractivity (Wildman–Crippen MR) is 70.5 cm³/mol. The van der Waals surface area contributed by atoms with Crippen LogP contribution in [-0.2, 0) is 14.3 Å². The van der Waals surface area contributed by atoms with E-state index < -0.39 is 0 Å². The molecule has 1 aliphatic rings. The van der Waals surface area contributed by atoms with E-state index in [0.29, 0.717) is 19.2 Å². The van der Waals surface area contributed by atoms with Gasteiger partial charge in [-0.2, -0.15) is 0 Å². The quantitative estimate of drug-likeness (QED) is 0.660. The van der Waals surface area contributed by atoms with Crippen molar-refractivity contribution in [2.75, 3.05) is 26.9 Å². The number of nitrogens with one attached hydrogen (secondary N) is 2.